The molecule has 3 N–H and O–H groups in total. The fraction of sp³-hybridized carbons (Fsp3) is 0.227. The van der Waals surface area contributed by atoms with E-state index in [4.69, 9.17) is 0 Å². The number of nitrogens with zero attached hydrogens (tertiary/aromatic N) is 1. The molecule has 0 radical (unpaired) electrons. The maximum atomic E-state index is 13.0. The Bertz CT molecular complexity index is 990. The highest BCUT2D eigenvalue weighted by molar-refractivity contribution is 7.15. The van der Waals surface area contributed by atoms with Crippen molar-refractivity contribution < 1.29 is 14.0 Å². The summed E-state index contributed by atoms with van der Waals surface area (Å²) in [6, 6.07) is 14.1. The summed E-state index contributed by atoms with van der Waals surface area (Å²) < 4.78 is 13.0. The molecular weight excluding hydrogens is 403 g/mol. The summed E-state index contributed by atoms with van der Waals surface area (Å²) in [5.74, 6) is -0.736. The average molecular weight is 427 g/mol. The third-order valence-electron chi connectivity index (χ3n) is 4.34. The molecule has 0 saturated carbocycles. The van der Waals surface area contributed by atoms with Gasteiger partial charge in [-0.25, -0.2) is 14.2 Å². The van der Waals surface area contributed by atoms with Crippen LogP contribution in [0.25, 0.3) is 0 Å². The summed E-state index contributed by atoms with van der Waals surface area (Å²) >= 11 is 1.35. The number of halogens is 1. The number of para-hydroxylation sites is 1. The topological polar surface area (TPSA) is 83.1 Å². The van der Waals surface area contributed by atoms with E-state index < -0.39 is 12.1 Å². The van der Waals surface area contributed by atoms with Crippen LogP contribution >= 0.6 is 11.3 Å². The third-order valence-corrected chi connectivity index (χ3v) is 5.26. The molecule has 1 unspecified atom stereocenters. The summed E-state index contributed by atoms with van der Waals surface area (Å²) in [4.78, 5) is 30.2. The molecule has 30 heavy (non-hydrogen) atoms. The average Bonchev–Trinajstić information content (AvgIpc) is 3.15. The zero-order valence-electron chi connectivity index (χ0n) is 16.7. The van der Waals surface area contributed by atoms with Crippen LogP contribution in [0.15, 0.2) is 60.8 Å². The van der Waals surface area contributed by atoms with E-state index in [9.17, 15) is 14.0 Å². The largest absolute Gasteiger partial charge is 0.326 e. The molecule has 8 heteroatoms. The van der Waals surface area contributed by atoms with Gasteiger partial charge in [0.05, 0.1) is 0 Å². The van der Waals surface area contributed by atoms with E-state index in [1.54, 1.807) is 30.5 Å². The van der Waals surface area contributed by atoms with Crippen LogP contribution in [0.1, 0.15) is 24.3 Å². The van der Waals surface area contributed by atoms with Gasteiger partial charge in [-0.3, -0.25) is 4.79 Å². The van der Waals surface area contributed by atoms with Crippen molar-refractivity contribution in [1.29, 1.82) is 0 Å². The number of rotatable bonds is 7. The fourth-order valence-corrected chi connectivity index (χ4v) is 3.65. The van der Waals surface area contributed by atoms with Crippen molar-refractivity contribution in [2.75, 3.05) is 10.6 Å². The van der Waals surface area contributed by atoms with E-state index in [1.807, 2.05) is 32.0 Å². The molecule has 1 atom stereocenters. The van der Waals surface area contributed by atoms with Crippen molar-refractivity contribution in [3.05, 3.63) is 77.1 Å². The zero-order chi connectivity index (χ0) is 21.5. The van der Waals surface area contributed by atoms with Crippen molar-refractivity contribution in [1.82, 2.24) is 10.3 Å². The number of hydrogen-bond acceptors (Lipinski definition) is 4. The first-order valence-corrected chi connectivity index (χ1v) is 10.3. The van der Waals surface area contributed by atoms with Crippen molar-refractivity contribution in [2.24, 2.45) is 5.92 Å². The lowest BCUT2D eigenvalue weighted by molar-refractivity contribution is -0.118. The Kier molecular flexibility index (Phi) is 7.13. The van der Waals surface area contributed by atoms with Gasteiger partial charge in [0.25, 0.3) is 0 Å². The molecule has 2 aromatic carbocycles. The molecule has 0 aliphatic heterocycles. The van der Waals surface area contributed by atoms with Gasteiger partial charge in [-0.2, -0.15) is 0 Å². The quantitative estimate of drug-likeness (QED) is 0.514. The normalized spacial score (nSPS) is 11.7. The minimum atomic E-state index is -0.724. The fourth-order valence-electron chi connectivity index (χ4n) is 2.80. The number of amides is 3. The molecule has 3 amide bonds. The molecule has 0 aliphatic carbocycles. The Morgan fingerprint density at radius 2 is 1.73 bits per heavy atom. The molecule has 3 aromatic rings. The van der Waals surface area contributed by atoms with E-state index >= 15 is 0 Å². The van der Waals surface area contributed by atoms with Crippen LogP contribution in [-0.2, 0) is 11.2 Å². The molecule has 0 saturated heterocycles. The highest BCUT2D eigenvalue weighted by Crippen LogP contribution is 2.22. The highest BCUT2D eigenvalue weighted by Gasteiger charge is 2.25. The number of carbonyl (C=O) groups excluding carboxylic acids is 2. The lowest BCUT2D eigenvalue weighted by atomic mass is 10.0. The van der Waals surface area contributed by atoms with Gasteiger partial charge in [0, 0.05) is 23.2 Å². The first-order chi connectivity index (χ1) is 14.4. The van der Waals surface area contributed by atoms with Crippen molar-refractivity contribution >= 4 is 34.1 Å². The van der Waals surface area contributed by atoms with E-state index in [1.165, 1.54) is 23.5 Å². The van der Waals surface area contributed by atoms with Gasteiger partial charge in [0.2, 0.25) is 5.91 Å². The number of nitrogens with one attached hydrogen (secondary N) is 3. The van der Waals surface area contributed by atoms with Gasteiger partial charge in [-0.05, 0) is 35.7 Å². The monoisotopic (exact) mass is 426 g/mol. The molecule has 0 fully saturated rings. The minimum Gasteiger partial charge on any atom is -0.326 e. The van der Waals surface area contributed by atoms with Gasteiger partial charge in [-0.1, -0.05) is 44.2 Å². The van der Waals surface area contributed by atoms with Crippen LogP contribution in [0.4, 0.5) is 20.0 Å². The van der Waals surface area contributed by atoms with E-state index in [0.717, 1.165) is 10.4 Å². The number of anilines is 2. The van der Waals surface area contributed by atoms with Gasteiger partial charge >= 0.3 is 6.03 Å². The van der Waals surface area contributed by atoms with Gasteiger partial charge < -0.3 is 16.0 Å². The highest BCUT2D eigenvalue weighted by atomic mass is 32.1. The Morgan fingerprint density at radius 1 is 1.03 bits per heavy atom. The summed E-state index contributed by atoms with van der Waals surface area (Å²) in [7, 11) is 0. The van der Waals surface area contributed by atoms with Crippen molar-refractivity contribution in [3.63, 3.8) is 0 Å². The van der Waals surface area contributed by atoms with E-state index in [2.05, 4.69) is 20.9 Å². The molecule has 1 aromatic heterocycles. The maximum Gasteiger partial charge on any atom is 0.319 e. The molecule has 6 nitrogen and oxygen atoms in total. The Balaban J connectivity index is 1.59. The number of thiazole rings is 1. The number of benzene rings is 2. The van der Waals surface area contributed by atoms with Crippen LogP contribution in [-0.4, -0.2) is 23.0 Å². The summed E-state index contributed by atoms with van der Waals surface area (Å²) in [6.45, 7) is 3.71. The Hall–Kier alpha value is -3.26. The number of hydrogen-bond donors (Lipinski definition) is 3. The lowest BCUT2D eigenvalue weighted by Gasteiger charge is -2.21. The summed E-state index contributed by atoms with van der Waals surface area (Å²) in [5.41, 5.74) is 1.60. The SMILES string of the molecule is CC(C)C(NC(=O)Nc1ccccc1)C(=O)Nc1ncc(Cc2ccc(F)cc2)s1. The zero-order valence-corrected chi connectivity index (χ0v) is 17.5. The van der Waals surface area contributed by atoms with Crippen molar-refractivity contribution in [2.45, 2.75) is 26.3 Å². The molecule has 0 bridgehead atoms. The molecule has 0 aliphatic rings. The van der Waals surface area contributed by atoms with Gasteiger partial charge in [0.1, 0.15) is 11.9 Å². The minimum absolute atomic E-state index is 0.120. The third kappa shape index (κ3) is 6.12. The number of aromatic nitrogens is 1. The first-order valence-electron chi connectivity index (χ1n) is 9.53. The van der Waals surface area contributed by atoms with Gasteiger partial charge in [-0.15, -0.1) is 11.3 Å². The Labute approximate surface area is 178 Å². The van der Waals surface area contributed by atoms with Gasteiger partial charge in [0.15, 0.2) is 5.13 Å². The second-order valence-electron chi connectivity index (χ2n) is 7.11. The Morgan fingerprint density at radius 3 is 2.40 bits per heavy atom. The van der Waals surface area contributed by atoms with E-state index in [-0.39, 0.29) is 17.6 Å². The van der Waals surface area contributed by atoms with Crippen molar-refractivity contribution in [3.8, 4) is 0 Å². The maximum absolute atomic E-state index is 13.0. The summed E-state index contributed by atoms with van der Waals surface area (Å²) in [6.07, 6.45) is 2.28. The van der Waals surface area contributed by atoms with Crippen LogP contribution in [0.5, 0.6) is 0 Å². The van der Waals surface area contributed by atoms with Crippen LogP contribution < -0.4 is 16.0 Å². The molecule has 1 heterocycles. The lowest BCUT2D eigenvalue weighted by Crippen LogP contribution is -2.48. The van der Waals surface area contributed by atoms with Crippen LogP contribution in [0.3, 0.4) is 0 Å². The number of urea groups is 1. The van der Waals surface area contributed by atoms with Crippen LogP contribution in [0, 0.1) is 11.7 Å². The summed E-state index contributed by atoms with van der Waals surface area (Å²) in [5, 5.41) is 8.65. The molecule has 156 valence electrons. The predicted octanol–water partition coefficient (Wildman–Crippen LogP) is 4.66. The standard InChI is InChI=1S/C22H23FN4O2S/c1-14(2)19(26-21(29)25-17-6-4-3-5-7-17)20(28)27-22-24-13-18(30-22)12-15-8-10-16(23)11-9-15/h3-11,13-14,19H,12H2,1-2H3,(H,24,27,28)(H2,25,26,29). The molecule has 0 spiro atoms. The second-order valence-corrected chi connectivity index (χ2v) is 8.23. The van der Waals surface area contributed by atoms with E-state index in [0.29, 0.717) is 17.2 Å². The smallest absolute Gasteiger partial charge is 0.319 e. The predicted molar refractivity (Wildman–Crippen MR) is 117 cm³/mol. The molecule has 3 rings (SSSR count). The van der Waals surface area contributed by atoms with Crippen LogP contribution in [0.2, 0.25) is 0 Å². The number of carbonyl (C=O) groups is 2. The molecular formula is C22H23FN4O2S. The second kappa shape index (κ2) is 9.98. The first kappa shape index (κ1) is 21.4.